The molecular formula is C12H13NO4. The van der Waals surface area contributed by atoms with E-state index in [1.807, 2.05) is 13.8 Å². The number of benzene rings is 1. The topological polar surface area (TPSA) is 72.4 Å². The van der Waals surface area contributed by atoms with E-state index < -0.39 is 11.6 Å². The molecule has 0 radical (unpaired) electrons. The molecule has 17 heavy (non-hydrogen) atoms. The summed E-state index contributed by atoms with van der Waals surface area (Å²) in [6.07, 6.45) is 0. The minimum Gasteiger partial charge on any atom is -0.478 e. The fourth-order valence-corrected chi connectivity index (χ4v) is 1.72. The van der Waals surface area contributed by atoms with Crippen molar-refractivity contribution >= 4 is 16.9 Å². The first-order chi connectivity index (χ1) is 7.99. The normalized spacial score (nSPS) is 11.2. The van der Waals surface area contributed by atoms with Gasteiger partial charge in [0, 0.05) is 0 Å². The minimum atomic E-state index is -1.05. The number of rotatable bonds is 3. The van der Waals surface area contributed by atoms with Crippen molar-refractivity contribution in [3.63, 3.8) is 0 Å². The Labute approximate surface area is 97.2 Å². The van der Waals surface area contributed by atoms with E-state index in [2.05, 4.69) is 0 Å². The van der Waals surface area contributed by atoms with Crippen LogP contribution in [0.1, 0.15) is 24.2 Å². The summed E-state index contributed by atoms with van der Waals surface area (Å²) in [6, 6.07) is 4.42. The van der Waals surface area contributed by atoms with Crippen molar-refractivity contribution in [2.75, 3.05) is 0 Å². The molecule has 0 bridgehead atoms. The Hall–Kier alpha value is -2.04. The number of hydrogen-bond acceptors (Lipinski definition) is 3. The minimum absolute atomic E-state index is 0.0899. The van der Waals surface area contributed by atoms with Gasteiger partial charge < -0.3 is 9.63 Å². The third kappa shape index (κ3) is 2.08. The van der Waals surface area contributed by atoms with Gasteiger partial charge in [0.1, 0.15) is 0 Å². The van der Waals surface area contributed by atoms with Gasteiger partial charge in [0.05, 0.1) is 23.0 Å². The van der Waals surface area contributed by atoms with Crippen molar-refractivity contribution in [1.29, 1.82) is 0 Å². The lowest BCUT2D eigenvalue weighted by Crippen LogP contribution is -2.03. The summed E-state index contributed by atoms with van der Waals surface area (Å²) in [6.45, 7) is 4.61. The van der Waals surface area contributed by atoms with Crippen molar-refractivity contribution in [1.82, 2.24) is 4.74 Å². The highest BCUT2D eigenvalue weighted by molar-refractivity contribution is 5.93. The molecule has 0 amide bonds. The van der Waals surface area contributed by atoms with Crippen LogP contribution in [-0.4, -0.2) is 15.8 Å². The quantitative estimate of drug-likeness (QED) is 0.882. The fraction of sp³-hybridized carbons (Fsp3) is 0.333. The average Bonchev–Trinajstić information content (AvgIpc) is 2.54. The second-order valence-electron chi connectivity index (χ2n) is 4.37. The molecule has 0 fully saturated rings. The number of aromatic nitrogens is 1. The second kappa shape index (κ2) is 4.08. The first-order valence-corrected chi connectivity index (χ1v) is 5.36. The average molecular weight is 235 g/mol. The molecule has 0 spiro atoms. The van der Waals surface area contributed by atoms with E-state index in [0.717, 1.165) is 0 Å². The Morgan fingerprint density at radius 2 is 2.18 bits per heavy atom. The number of hydrogen-bond donors (Lipinski definition) is 1. The van der Waals surface area contributed by atoms with Crippen LogP contribution >= 0.6 is 0 Å². The molecule has 0 atom stereocenters. The van der Waals surface area contributed by atoms with Crippen LogP contribution in [0, 0.1) is 5.92 Å². The molecular weight excluding hydrogens is 222 g/mol. The largest absolute Gasteiger partial charge is 0.478 e. The van der Waals surface area contributed by atoms with Crippen LogP contribution in [0.4, 0.5) is 0 Å². The summed E-state index contributed by atoms with van der Waals surface area (Å²) in [5, 5.41) is 9.16. The van der Waals surface area contributed by atoms with E-state index in [1.54, 1.807) is 6.07 Å². The van der Waals surface area contributed by atoms with Crippen LogP contribution in [0.2, 0.25) is 0 Å². The second-order valence-corrected chi connectivity index (χ2v) is 4.37. The Morgan fingerprint density at radius 3 is 2.76 bits per heavy atom. The maximum Gasteiger partial charge on any atom is 0.365 e. The van der Waals surface area contributed by atoms with Gasteiger partial charge in [0.15, 0.2) is 0 Å². The van der Waals surface area contributed by atoms with Crippen molar-refractivity contribution < 1.29 is 14.4 Å². The van der Waals surface area contributed by atoms with Crippen LogP contribution in [-0.2, 0) is 6.54 Å². The maximum atomic E-state index is 11.6. The SMILES string of the molecule is CC(C)Cn1oc(=O)c2cc(C(=O)O)ccc21. The van der Waals surface area contributed by atoms with Crippen LogP contribution in [0.5, 0.6) is 0 Å². The van der Waals surface area contributed by atoms with Gasteiger partial charge in [0.25, 0.3) is 0 Å². The van der Waals surface area contributed by atoms with Gasteiger partial charge in [-0.25, -0.2) is 14.3 Å². The highest BCUT2D eigenvalue weighted by Gasteiger charge is 2.12. The van der Waals surface area contributed by atoms with Gasteiger partial charge in [-0.15, -0.1) is 0 Å². The summed E-state index contributed by atoms with van der Waals surface area (Å²) >= 11 is 0. The lowest BCUT2D eigenvalue weighted by molar-refractivity contribution is 0.0697. The number of nitrogens with zero attached hydrogens (tertiary/aromatic N) is 1. The van der Waals surface area contributed by atoms with Gasteiger partial charge in [-0.1, -0.05) is 13.8 Å². The zero-order valence-electron chi connectivity index (χ0n) is 9.64. The molecule has 2 aromatic rings. The first-order valence-electron chi connectivity index (χ1n) is 5.36. The molecule has 0 aliphatic rings. The van der Waals surface area contributed by atoms with Crippen molar-refractivity contribution in [2.24, 2.45) is 5.92 Å². The number of carboxylic acids is 1. The van der Waals surface area contributed by atoms with E-state index in [4.69, 9.17) is 9.63 Å². The van der Waals surface area contributed by atoms with E-state index in [9.17, 15) is 9.59 Å². The lowest BCUT2D eigenvalue weighted by Gasteiger charge is -2.04. The number of aromatic carboxylic acids is 1. The number of carboxylic acid groups (broad SMARTS) is 1. The van der Waals surface area contributed by atoms with Gasteiger partial charge in [-0.3, -0.25) is 0 Å². The Bertz CT molecular complexity index is 621. The van der Waals surface area contributed by atoms with Gasteiger partial charge >= 0.3 is 11.6 Å². The molecule has 0 aliphatic carbocycles. The Kier molecular flexibility index (Phi) is 2.75. The molecule has 90 valence electrons. The van der Waals surface area contributed by atoms with Gasteiger partial charge in [-0.05, 0) is 24.1 Å². The predicted octanol–water partition coefficient (Wildman–Crippen LogP) is 1.95. The number of fused-ring (bicyclic) bond motifs is 1. The molecule has 0 unspecified atom stereocenters. The van der Waals surface area contributed by atoms with E-state index in [-0.39, 0.29) is 5.56 Å². The monoisotopic (exact) mass is 235 g/mol. The van der Waals surface area contributed by atoms with E-state index >= 15 is 0 Å². The van der Waals surface area contributed by atoms with Crippen molar-refractivity contribution in [3.8, 4) is 0 Å². The first kappa shape index (κ1) is 11.4. The molecule has 1 aromatic carbocycles. The molecule has 5 heteroatoms. The van der Waals surface area contributed by atoms with E-state index in [0.29, 0.717) is 23.4 Å². The molecule has 1 heterocycles. The standard InChI is InChI=1S/C12H13NO4/c1-7(2)6-13-10-4-3-8(11(14)15)5-9(10)12(16)17-13/h3-5,7H,6H2,1-2H3,(H,14,15). The van der Waals surface area contributed by atoms with Gasteiger partial charge in [-0.2, -0.15) is 0 Å². The summed E-state index contributed by atoms with van der Waals surface area (Å²) < 4.78 is 6.59. The molecule has 1 N–H and O–H groups in total. The third-order valence-electron chi connectivity index (χ3n) is 2.46. The Morgan fingerprint density at radius 1 is 1.47 bits per heavy atom. The fourth-order valence-electron chi connectivity index (χ4n) is 1.72. The summed E-state index contributed by atoms with van der Waals surface area (Å²) in [7, 11) is 0. The predicted molar refractivity (Wildman–Crippen MR) is 62.3 cm³/mol. The van der Waals surface area contributed by atoms with Crippen molar-refractivity contribution in [3.05, 3.63) is 34.2 Å². The summed E-state index contributed by atoms with van der Waals surface area (Å²) in [4.78, 5) is 22.4. The smallest absolute Gasteiger partial charge is 0.365 e. The van der Waals surface area contributed by atoms with Crippen LogP contribution in [0.25, 0.3) is 10.9 Å². The molecule has 2 rings (SSSR count). The third-order valence-corrected chi connectivity index (χ3v) is 2.46. The number of carbonyl (C=O) groups is 1. The zero-order valence-corrected chi connectivity index (χ0v) is 9.64. The van der Waals surface area contributed by atoms with Crippen LogP contribution in [0.15, 0.2) is 27.5 Å². The molecule has 0 saturated heterocycles. The highest BCUT2D eigenvalue weighted by Crippen LogP contribution is 2.15. The van der Waals surface area contributed by atoms with Crippen LogP contribution in [0.3, 0.4) is 0 Å². The molecule has 0 aliphatic heterocycles. The van der Waals surface area contributed by atoms with Crippen LogP contribution < -0.4 is 5.63 Å². The highest BCUT2D eigenvalue weighted by atomic mass is 16.5. The lowest BCUT2D eigenvalue weighted by atomic mass is 10.1. The van der Waals surface area contributed by atoms with Gasteiger partial charge in [0.2, 0.25) is 0 Å². The van der Waals surface area contributed by atoms with E-state index in [1.165, 1.54) is 16.9 Å². The van der Waals surface area contributed by atoms with Crippen molar-refractivity contribution in [2.45, 2.75) is 20.4 Å². The Balaban J connectivity index is 2.61. The molecule has 0 saturated carbocycles. The summed E-state index contributed by atoms with van der Waals surface area (Å²) in [5.74, 6) is -0.712. The molecule has 1 aromatic heterocycles. The zero-order chi connectivity index (χ0) is 12.6. The summed E-state index contributed by atoms with van der Waals surface area (Å²) in [5.41, 5.74) is 0.226. The maximum absolute atomic E-state index is 11.6. The molecule has 5 nitrogen and oxygen atoms in total.